The number of benzene rings is 1. The summed E-state index contributed by atoms with van der Waals surface area (Å²) < 4.78 is 4.99. The molecule has 0 amide bonds. The van der Waals surface area contributed by atoms with E-state index in [1.165, 1.54) is 12.5 Å². The van der Waals surface area contributed by atoms with Gasteiger partial charge in [-0.3, -0.25) is 0 Å². The van der Waals surface area contributed by atoms with Gasteiger partial charge in [0.2, 0.25) is 18.4 Å². The quantitative estimate of drug-likeness (QED) is 0.530. The molecule has 0 saturated heterocycles. The van der Waals surface area contributed by atoms with Crippen LogP contribution in [0, 0.1) is 0 Å². The lowest BCUT2D eigenvalue weighted by Crippen LogP contribution is -1.76. The number of hydrogen-bond acceptors (Lipinski definition) is 5. The fourth-order valence-corrected chi connectivity index (χ4v) is 1.03. The maximum Gasteiger partial charge on any atom is 0.247 e. The smallest absolute Gasteiger partial charge is 0.247 e. The molecular formula is C9H5N3O2. The topological polar surface area (TPSA) is 68.3 Å². The lowest BCUT2D eigenvalue weighted by atomic mass is 10.2. The predicted molar refractivity (Wildman–Crippen MR) is 47.5 cm³/mol. The Morgan fingerprint density at radius 3 is 2.64 bits per heavy atom. The molecule has 0 N–H and O–H groups in total. The van der Waals surface area contributed by atoms with Gasteiger partial charge in [0, 0.05) is 5.56 Å². The minimum Gasteiger partial charge on any atom is -0.423 e. The number of hydrogen-bond donors (Lipinski definition) is 0. The molecule has 0 fully saturated rings. The number of aliphatic imine (C=N–C) groups is 1. The molecule has 1 heterocycles. The summed E-state index contributed by atoms with van der Waals surface area (Å²) in [6, 6.07) is 6.82. The Balaban J connectivity index is 2.35. The third kappa shape index (κ3) is 1.57. The third-order valence-corrected chi connectivity index (χ3v) is 1.65. The highest BCUT2D eigenvalue weighted by Crippen LogP contribution is 2.19. The summed E-state index contributed by atoms with van der Waals surface area (Å²) >= 11 is 0. The summed E-state index contributed by atoms with van der Waals surface area (Å²) in [6.45, 7) is 0. The van der Waals surface area contributed by atoms with Crippen LogP contribution >= 0.6 is 0 Å². The molecule has 0 bridgehead atoms. The lowest BCUT2D eigenvalue weighted by molar-refractivity contribution is 0.565. The van der Waals surface area contributed by atoms with Gasteiger partial charge >= 0.3 is 0 Å². The Morgan fingerprint density at radius 2 is 2.07 bits per heavy atom. The van der Waals surface area contributed by atoms with E-state index in [4.69, 9.17) is 4.42 Å². The van der Waals surface area contributed by atoms with Crippen LogP contribution in [0.25, 0.3) is 11.5 Å². The van der Waals surface area contributed by atoms with Gasteiger partial charge in [-0.1, -0.05) is 0 Å². The number of nitrogens with zero attached hydrogens (tertiary/aromatic N) is 3. The number of isocyanates is 1. The van der Waals surface area contributed by atoms with Crippen LogP contribution in [0.2, 0.25) is 0 Å². The zero-order valence-corrected chi connectivity index (χ0v) is 7.04. The molecule has 1 aromatic carbocycles. The van der Waals surface area contributed by atoms with Crippen LogP contribution in [0.4, 0.5) is 5.69 Å². The van der Waals surface area contributed by atoms with E-state index in [1.807, 2.05) is 0 Å². The van der Waals surface area contributed by atoms with E-state index in [1.54, 1.807) is 24.3 Å². The van der Waals surface area contributed by atoms with Crippen molar-refractivity contribution in [2.75, 3.05) is 0 Å². The summed E-state index contributed by atoms with van der Waals surface area (Å²) in [4.78, 5) is 13.4. The van der Waals surface area contributed by atoms with Crippen LogP contribution in [0.3, 0.4) is 0 Å². The van der Waals surface area contributed by atoms with Crippen molar-refractivity contribution < 1.29 is 9.21 Å². The van der Waals surface area contributed by atoms with Crippen LogP contribution in [0.15, 0.2) is 40.1 Å². The van der Waals surface area contributed by atoms with Crippen molar-refractivity contribution in [2.45, 2.75) is 0 Å². The first-order valence-corrected chi connectivity index (χ1v) is 3.84. The van der Waals surface area contributed by atoms with Gasteiger partial charge in [0.25, 0.3) is 0 Å². The predicted octanol–water partition coefficient (Wildman–Crippen LogP) is 1.70. The zero-order valence-electron chi connectivity index (χ0n) is 7.04. The second-order valence-corrected chi connectivity index (χ2v) is 2.49. The van der Waals surface area contributed by atoms with E-state index in [-0.39, 0.29) is 0 Å². The molecule has 1 aromatic heterocycles. The molecule has 0 aliphatic rings. The molecule has 0 aliphatic heterocycles. The highest BCUT2D eigenvalue weighted by Gasteiger charge is 2.01. The minimum atomic E-state index is 0.437. The van der Waals surface area contributed by atoms with Crippen molar-refractivity contribution in [3.63, 3.8) is 0 Å². The molecule has 68 valence electrons. The minimum absolute atomic E-state index is 0.437. The van der Waals surface area contributed by atoms with Gasteiger partial charge in [-0.2, -0.15) is 4.99 Å². The first-order valence-electron chi connectivity index (χ1n) is 3.84. The summed E-state index contributed by atoms with van der Waals surface area (Å²) in [7, 11) is 0. The van der Waals surface area contributed by atoms with E-state index < -0.39 is 0 Å². The molecule has 0 spiro atoms. The van der Waals surface area contributed by atoms with E-state index in [2.05, 4.69) is 15.2 Å². The largest absolute Gasteiger partial charge is 0.423 e. The molecule has 2 aromatic rings. The van der Waals surface area contributed by atoms with Gasteiger partial charge < -0.3 is 4.42 Å². The molecular weight excluding hydrogens is 182 g/mol. The number of rotatable bonds is 2. The van der Waals surface area contributed by atoms with Gasteiger partial charge in [0.1, 0.15) is 0 Å². The Bertz CT molecular complexity index is 455. The zero-order chi connectivity index (χ0) is 9.80. The summed E-state index contributed by atoms with van der Waals surface area (Å²) in [6.07, 6.45) is 2.72. The van der Waals surface area contributed by atoms with Crippen LogP contribution in [-0.4, -0.2) is 16.3 Å². The molecule has 2 rings (SSSR count). The Labute approximate surface area is 79.1 Å². The number of carbonyl (C=O) groups excluding carboxylic acids is 1. The second-order valence-electron chi connectivity index (χ2n) is 2.49. The normalized spacial score (nSPS) is 9.43. The van der Waals surface area contributed by atoms with Gasteiger partial charge in [-0.25, -0.2) is 4.79 Å². The lowest BCUT2D eigenvalue weighted by Gasteiger charge is -1.93. The molecule has 5 heteroatoms. The van der Waals surface area contributed by atoms with Crippen molar-refractivity contribution >= 4 is 11.8 Å². The van der Waals surface area contributed by atoms with Crippen molar-refractivity contribution in [1.82, 2.24) is 10.2 Å². The Kier molecular flexibility index (Phi) is 2.17. The average molecular weight is 187 g/mol. The Morgan fingerprint density at radius 1 is 1.29 bits per heavy atom. The molecule has 5 nitrogen and oxygen atoms in total. The van der Waals surface area contributed by atoms with E-state index in [0.717, 1.165) is 5.56 Å². The SMILES string of the molecule is O=C=Nc1ccc(-c2nnco2)cc1. The van der Waals surface area contributed by atoms with E-state index >= 15 is 0 Å². The third-order valence-electron chi connectivity index (χ3n) is 1.65. The highest BCUT2D eigenvalue weighted by atomic mass is 16.4. The van der Waals surface area contributed by atoms with Crippen LogP contribution < -0.4 is 0 Å². The Hall–Kier alpha value is -2.26. The fraction of sp³-hybridized carbons (Fsp3) is 0. The monoisotopic (exact) mass is 187 g/mol. The standard InChI is InChI=1S/C9H5N3O2/c13-5-10-8-3-1-7(2-4-8)9-12-11-6-14-9/h1-4,6H. The van der Waals surface area contributed by atoms with Crippen LogP contribution in [-0.2, 0) is 4.79 Å². The maximum atomic E-state index is 9.96. The van der Waals surface area contributed by atoms with Gasteiger partial charge in [-0.15, -0.1) is 10.2 Å². The van der Waals surface area contributed by atoms with Gasteiger partial charge in [-0.05, 0) is 24.3 Å². The van der Waals surface area contributed by atoms with Gasteiger partial charge in [0.15, 0.2) is 0 Å². The van der Waals surface area contributed by atoms with Crippen molar-refractivity contribution in [3.05, 3.63) is 30.7 Å². The first kappa shape index (κ1) is 8.34. The highest BCUT2D eigenvalue weighted by molar-refractivity contribution is 5.58. The molecule has 0 aliphatic carbocycles. The fourth-order valence-electron chi connectivity index (χ4n) is 1.03. The molecule has 0 saturated carbocycles. The molecule has 0 unspecified atom stereocenters. The van der Waals surface area contributed by atoms with Crippen molar-refractivity contribution in [2.24, 2.45) is 4.99 Å². The summed E-state index contributed by atoms with van der Waals surface area (Å²) in [5, 5.41) is 7.29. The maximum absolute atomic E-state index is 9.96. The van der Waals surface area contributed by atoms with Crippen molar-refractivity contribution in [1.29, 1.82) is 0 Å². The first-order chi connectivity index (χ1) is 6.90. The number of aromatic nitrogens is 2. The van der Waals surface area contributed by atoms with E-state index in [9.17, 15) is 4.79 Å². The second kappa shape index (κ2) is 3.64. The van der Waals surface area contributed by atoms with Crippen LogP contribution in [0.5, 0.6) is 0 Å². The summed E-state index contributed by atoms with van der Waals surface area (Å²) in [5.41, 5.74) is 1.33. The summed E-state index contributed by atoms with van der Waals surface area (Å²) in [5.74, 6) is 0.437. The van der Waals surface area contributed by atoms with Gasteiger partial charge in [0.05, 0.1) is 5.69 Å². The molecule has 14 heavy (non-hydrogen) atoms. The van der Waals surface area contributed by atoms with E-state index in [0.29, 0.717) is 11.6 Å². The molecule has 0 radical (unpaired) electrons. The van der Waals surface area contributed by atoms with Crippen molar-refractivity contribution in [3.8, 4) is 11.5 Å². The molecule has 0 atom stereocenters. The average Bonchev–Trinajstić information content (AvgIpc) is 2.72. The van der Waals surface area contributed by atoms with Crippen LogP contribution in [0.1, 0.15) is 0 Å².